The van der Waals surface area contributed by atoms with Crippen LogP contribution in [0, 0.1) is 11.8 Å². The molecule has 0 bridgehead atoms. The minimum Gasteiger partial charge on any atom is -0.341 e. The van der Waals surface area contributed by atoms with E-state index >= 15 is 0 Å². The molecule has 2 fully saturated rings. The Hall–Kier alpha value is -0.0500. The lowest BCUT2D eigenvalue weighted by Crippen LogP contribution is -2.43. The van der Waals surface area contributed by atoms with Crippen molar-refractivity contribution in [2.24, 2.45) is 11.8 Å². The van der Waals surface area contributed by atoms with Crippen LogP contribution >= 0.6 is 15.9 Å². The molecule has 1 saturated carbocycles. The maximum Gasteiger partial charge on any atom is 0.236 e. The van der Waals surface area contributed by atoms with Crippen LogP contribution in [0.2, 0.25) is 0 Å². The molecule has 86 valence electrons. The average molecular weight is 274 g/mol. The first kappa shape index (κ1) is 11.4. The molecule has 1 amide bonds. The molecule has 0 N–H and O–H groups in total. The molecular weight excluding hydrogens is 254 g/mol. The van der Waals surface area contributed by atoms with Crippen LogP contribution in [-0.2, 0) is 4.79 Å². The minimum absolute atomic E-state index is 0.0880. The van der Waals surface area contributed by atoms with Crippen LogP contribution in [0.15, 0.2) is 0 Å². The summed E-state index contributed by atoms with van der Waals surface area (Å²) in [5.74, 6) is 1.96. The Labute approximate surface area is 101 Å². The Kier molecular flexibility index (Phi) is 3.70. The molecule has 2 nitrogen and oxygen atoms in total. The van der Waals surface area contributed by atoms with Crippen molar-refractivity contribution in [2.45, 2.75) is 43.9 Å². The molecule has 0 aromatic heterocycles. The summed E-state index contributed by atoms with van der Waals surface area (Å²) in [6, 6.07) is 0. The van der Waals surface area contributed by atoms with Gasteiger partial charge in [0.1, 0.15) is 0 Å². The van der Waals surface area contributed by atoms with Gasteiger partial charge in [-0.25, -0.2) is 0 Å². The van der Waals surface area contributed by atoms with Gasteiger partial charge < -0.3 is 4.90 Å². The van der Waals surface area contributed by atoms with Gasteiger partial charge in [-0.2, -0.15) is 0 Å². The van der Waals surface area contributed by atoms with Crippen molar-refractivity contribution in [1.82, 2.24) is 4.90 Å². The molecule has 1 saturated heterocycles. The lowest BCUT2D eigenvalue weighted by atomic mass is 10.0. The molecule has 0 radical (unpaired) electrons. The molecule has 2 aliphatic rings. The number of likely N-dealkylation sites (tertiary alicyclic amines) is 1. The van der Waals surface area contributed by atoms with Gasteiger partial charge in [-0.15, -0.1) is 0 Å². The van der Waals surface area contributed by atoms with E-state index in [0.29, 0.717) is 5.91 Å². The average Bonchev–Trinajstić information content (AvgIpc) is 2.59. The Balaban J connectivity index is 1.85. The van der Waals surface area contributed by atoms with Gasteiger partial charge in [-0.05, 0) is 37.5 Å². The van der Waals surface area contributed by atoms with Crippen LogP contribution in [0.25, 0.3) is 0 Å². The molecule has 1 aliphatic heterocycles. The summed E-state index contributed by atoms with van der Waals surface area (Å²) < 4.78 is 0. The zero-order valence-corrected chi connectivity index (χ0v) is 11.0. The topological polar surface area (TPSA) is 20.3 Å². The van der Waals surface area contributed by atoms with E-state index in [9.17, 15) is 4.79 Å². The fraction of sp³-hybridized carbons (Fsp3) is 0.917. The van der Waals surface area contributed by atoms with Crippen molar-refractivity contribution in [1.29, 1.82) is 0 Å². The first-order valence-corrected chi connectivity index (χ1v) is 7.01. The van der Waals surface area contributed by atoms with Crippen molar-refractivity contribution in [2.75, 3.05) is 13.1 Å². The number of rotatable bonds is 2. The molecule has 0 aromatic carbocycles. The van der Waals surface area contributed by atoms with E-state index in [2.05, 4.69) is 27.8 Å². The predicted molar refractivity (Wildman–Crippen MR) is 65.0 cm³/mol. The second-order valence-electron chi connectivity index (χ2n) is 5.18. The number of hydrogen-bond acceptors (Lipinski definition) is 1. The molecular formula is C12H20BrNO. The first-order valence-electron chi connectivity index (χ1n) is 6.09. The van der Waals surface area contributed by atoms with E-state index in [0.717, 1.165) is 37.8 Å². The van der Waals surface area contributed by atoms with Gasteiger partial charge in [0.25, 0.3) is 0 Å². The number of amides is 1. The molecule has 1 heterocycles. The van der Waals surface area contributed by atoms with Crippen LogP contribution in [-0.4, -0.2) is 28.7 Å². The second-order valence-corrected chi connectivity index (χ2v) is 6.28. The Morgan fingerprint density at radius 1 is 1.40 bits per heavy atom. The van der Waals surface area contributed by atoms with Gasteiger partial charge in [0.2, 0.25) is 5.91 Å². The second kappa shape index (κ2) is 4.86. The summed E-state index contributed by atoms with van der Waals surface area (Å²) in [5, 5.41) is 0. The highest BCUT2D eigenvalue weighted by atomic mass is 79.9. The van der Waals surface area contributed by atoms with Crippen LogP contribution in [0.3, 0.4) is 0 Å². The van der Waals surface area contributed by atoms with E-state index in [-0.39, 0.29) is 4.83 Å². The van der Waals surface area contributed by atoms with Crippen LogP contribution in [0.1, 0.15) is 39.0 Å². The van der Waals surface area contributed by atoms with Gasteiger partial charge in [-0.1, -0.05) is 29.3 Å². The third kappa shape index (κ3) is 2.74. The van der Waals surface area contributed by atoms with Crippen LogP contribution < -0.4 is 0 Å². The zero-order valence-electron chi connectivity index (χ0n) is 9.42. The normalized spacial score (nSPS) is 37.3. The van der Waals surface area contributed by atoms with Crippen molar-refractivity contribution in [3.8, 4) is 0 Å². The number of carbonyl (C=O) groups is 1. The summed E-state index contributed by atoms with van der Waals surface area (Å²) in [6.45, 7) is 4.31. The monoisotopic (exact) mass is 273 g/mol. The number of halogens is 1. The van der Waals surface area contributed by atoms with E-state index in [1.165, 1.54) is 19.3 Å². The van der Waals surface area contributed by atoms with Crippen LogP contribution in [0.4, 0.5) is 0 Å². The highest BCUT2D eigenvalue weighted by Crippen LogP contribution is 2.32. The zero-order chi connectivity index (χ0) is 10.8. The van der Waals surface area contributed by atoms with Crippen LogP contribution in [0.5, 0.6) is 0 Å². The largest absolute Gasteiger partial charge is 0.341 e. The van der Waals surface area contributed by atoms with E-state index < -0.39 is 0 Å². The number of carbonyl (C=O) groups excluding carboxylic acids is 1. The van der Waals surface area contributed by atoms with E-state index in [1.54, 1.807) is 0 Å². The summed E-state index contributed by atoms with van der Waals surface area (Å²) in [5.41, 5.74) is 0. The number of piperidine rings is 1. The summed E-state index contributed by atoms with van der Waals surface area (Å²) in [7, 11) is 0. The van der Waals surface area contributed by atoms with E-state index in [4.69, 9.17) is 0 Å². The molecule has 1 aliphatic carbocycles. The molecule has 0 aromatic rings. The molecule has 2 rings (SSSR count). The van der Waals surface area contributed by atoms with Crippen molar-refractivity contribution < 1.29 is 4.79 Å². The molecule has 15 heavy (non-hydrogen) atoms. The fourth-order valence-corrected chi connectivity index (χ4v) is 3.49. The summed E-state index contributed by atoms with van der Waals surface area (Å²) in [6.07, 6.45) is 6.15. The van der Waals surface area contributed by atoms with Gasteiger partial charge in [0, 0.05) is 13.1 Å². The minimum atomic E-state index is 0.0880. The first-order chi connectivity index (χ1) is 7.16. The summed E-state index contributed by atoms with van der Waals surface area (Å²) >= 11 is 3.46. The maximum absolute atomic E-state index is 11.9. The Morgan fingerprint density at radius 2 is 2.20 bits per heavy atom. The lowest BCUT2D eigenvalue weighted by molar-refractivity contribution is -0.133. The highest BCUT2D eigenvalue weighted by molar-refractivity contribution is 9.10. The van der Waals surface area contributed by atoms with Crippen molar-refractivity contribution in [3.63, 3.8) is 0 Å². The van der Waals surface area contributed by atoms with Gasteiger partial charge >= 0.3 is 0 Å². The van der Waals surface area contributed by atoms with Gasteiger partial charge in [0.05, 0.1) is 4.83 Å². The third-order valence-corrected chi connectivity index (χ3v) is 4.60. The smallest absolute Gasteiger partial charge is 0.236 e. The molecule has 0 spiro atoms. The number of hydrogen-bond donors (Lipinski definition) is 0. The maximum atomic E-state index is 11.9. The molecule has 3 atom stereocenters. The highest BCUT2D eigenvalue weighted by Gasteiger charge is 2.30. The predicted octanol–water partition coefficient (Wildman–Crippen LogP) is 2.81. The van der Waals surface area contributed by atoms with E-state index in [1.807, 2.05) is 0 Å². The lowest BCUT2D eigenvalue weighted by Gasteiger charge is -2.31. The molecule has 3 unspecified atom stereocenters. The Morgan fingerprint density at radius 3 is 2.87 bits per heavy atom. The quantitative estimate of drug-likeness (QED) is 0.709. The number of alkyl halides is 1. The standard InChI is InChI=1S/C12H20BrNO/c1-9-4-5-10(7-9)8-14-6-2-3-11(13)12(14)15/h9-11H,2-8H2,1H3. The Bertz CT molecular complexity index is 244. The SMILES string of the molecule is CC1CCC(CN2CCCC(Br)C2=O)C1. The van der Waals surface area contributed by atoms with Gasteiger partial charge in [-0.3, -0.25) is 4.79 Å². The molecule has 3 heteroatoms. The van der Waals surface area contributed by atoms with Crippen molar-refractivity contribution >= 4 is 21.8 Å². The summed E-state index contributed by atoms with van der Waals surface area (Å²) in [4.78, 5) is 14.0. The van der Waals surface area contributed by atoms with Gasteiger partial charge in [0.15, 0.2) is 0 Å². The van der Waals surface area contributed by atoms with Crippen molar-refractivity contribution in [3.05, 3.63) is 0 Å². The third-order valence-electron chi connectivity index (χ3n) is 3.75. The number of nitrogens with zero attached hydrogens (tertiary/aromatic N) is 1. The fourth-order valence-electron chi connectivity index (χ4n) is 2.88.